The molecule has 0 unspecified atom stereocenters. The molecule has 1 aromatic carbocycles. The molecule has 108 valence electrons. The maximum atomic E-state index is 11.2. The van der Waals surface area contributed by atoms with E-state index in [-0.39, 0.29) is 0 Å². The van der Waals surface area contributed by atoms with Gasteiger partial charge in [0.05, 0.1) is 6.26 Å². The number of nitrogens with one attached hydrogen (secondary N) is 2. The third-order valence-corrected chi connectivity index (χ3v) is 3.56. The monoisotopic (exact) mass is 284 g/mol. The fraction of sp³-hybridized carbons (Fsp3) is 0.571. The van der Waals surface area contributed by atoms with Gasteiger partial charge in [0.25, 0.3) is 0 Å². The summed E-state index contributed by atoms with van der Waals surface area (Å²) >= 11 is 0. The molecule has 19 heavy (non-hydrogen) atoms. The van der Waals surface area contributed by atoms with Crippen molar-refractivity contribution >= 4 is 10.0 Å². The fourth-order valence-electron chi connectivity index (χ4n) is 2.23. The van der Waals surface area contributed by atoms with Crippen molar-refractivity contribution < 1.29 is 8.42 Å². The molecule has 0 saturated heterocycles. The van der Waals surface area contributed by atoms with E-state index in [0.717, 1.165) is 6.54 Å². The number of hydrogen-bond acceptors (Lipinski definition) is 3. The van der Waals surface area contributed by atoms with Gasteiger partial charge < -0.3 is 5.32 Å². The van der Waals surface area contributed by atoms with E-state index in [2.05, 4.69) is 42.1 Å². The molecular weight excluding hydrogens is 260 g/mol. The van der Waals surface area contributed by atoms with E-state index in [1.807, 2.05) is 13.8 Å². The van der Waals surface area contributed by atoms with E-state index in [9.17, 15) is 8.42 Å². The first-order valence-electron chi connectivity index (χ1n) is 6.34. The summed E-state index contributed by atoms with van der Waals surface area (Å²) < 4.78 is 25.1. The number of benzene rings is 1. The van der Waals surface area contributed by atoms with E-state index in [1.165, 1.54) is 22.9 Å². The van der Waals surface area contributed by atoms with E-state index < -0.39 is 15.6 Å². The number of aryl methyl sites for hydroxylation is 2. The van der Waals surface area contributed by atoms with Crippen LogP contribution in [0.3, 0.4) is 0 Å². The Balaban J connectivity index is 2.54. The van der Waals surface area contributed by atoms with E-state index in [0.29, 0.717) is 6.54 Å². The largest absolute Gasteiger partial charge is 0.311 e. The van der Waals surface area contributed by atoms with Gasteiger partial charge in [-0.2, -0.15) is 0 Å². The average Bonchev–Trinajstić information content (AvgIpc) is 2.10. The normalized spacial score (nSPS) is 12.7. The Bertz CT molecular complexity index is 516. The summed E-state index contributed by atoms with van der Waals surface area (Å²) in [7, 11) is -3.18. The molecule has 0 radical (unpaired) electrons. The van der Waals surface area contributed by atoms with Crippen molar-refractivity contribution in [3.8, 4) is 0 Å². The SMILES string of the molecule is Cc1cc(C)cc(CNCC(C)(C)NS(C)(=O)=O)c1. The third-order valence-electron chi connectivity index (χ3n) is 2.64. The first-order valence-corrected chi connectivity index (χ1v) is 8.23. The van der Waals surface area contributed by atoms with Crippen LogP contribution in [0.15, 0.2) is 18.2 Å². The van der Waals surface area contributed by atoms with Crippen LogP contribution in [0, 0.1) is 13.8 Å². The zero-order valence-electron chi connectivity index (χ0n) is 12.4. The van der Waals surface area contributed by atoms with Crippen LogP contribution in [-0.4, -0.2) is 26.8 Å². The van der Waals surface area contributed by atoms with Gasteiger partial charge in [-0.25, -0.2) is 13.1 Å². The lowest BCUT2D eigenvalue weighted by molar-refractivity contribution is 0.421. The van der Waals surface area contributed by atoms with Gasteiger partial charge in [-0.15, -0.1) is 0 Å². The van der Waals surface area contributed by atoms with Gasteiger partial charge in [0, 0.05) is 18.6 Å². The number of sulfonamides is 1. The van der Waals surface area contributed by atoms with Crippen LogP contribution >= 0.6 is 0 Å². The minimum absolute atomic E-state index is 0.494. The molecule has 1 aromatic rings. The zero-order chi connectivity index (χ0) is 14.7. The van der Waals surface area contributed by atoms with Crippen molar-refractivity contribution in [2.75, 3.05) is 12.8 Å². The number of hydrogen-bond donors (Lipinski definition) is 2. The highest BCUT2D eigenvalue weighted by Gasteiger charge is 2.21. The van der Waals surface area contributed by atoms with Gasteiger partial charge >= 0.3 is 0 Å². The second kappa shape index (κ2) is 6.03. The Hall–Kier alpha value is -0.910. The predicted molar refractivity (Wildman–Crippen MR) is 79.7 cm³/mol. The molecule has 4 nitrogen and oxygen atoms in total. The van der Waals surface area contributed by atoms with Gasteiger partial charge in [0.1, 0.15) is 0 Å². The second-order valence-electron chi connectivity index (χ2n) is 5.86. The first kappa shape index (κ1) is 16.1. The summed E-state index contributed by atoms with van der Waals surface area (Å²) in [5.74, 6) is 0. The topological polar surface area (TPSA) is 58.2 Å². The molecule has 0 atom stereocenters. The summed E-state index contributed by atoms with van der Waals surface area (Å²) in [5.41, 5.74) is 3.20. The molecule has 0 bridgehead atoms. The molecule has 0 spiro atoms. The van der Waals surface area contributed by atoms with E-state index in [1.54, 1.807) is 0 Å². The lowest BCUT2D eigenvalue weighted by Gasteiger charge is -2.25. The van der Waals surface area contributed by atoms with E-state index in [4.69, 9.17) is 0 Å². The lowest BCUT2D eigenvalue weighted by Crippen LogP contribution is -2.49. The molecule has 0 aliphatic carbocycles. The smallest absolute Gasteiger partial charge is 0.209 e. The highest BCUT2D eigenvalue weighted by atomic mass is 32.2. The van der Waals surface area contributed by atoms with Gasteiger partial charge in [0.2, 0.25) is 10.0 Å². The Morgan fingerprint density at radius 1 is 1.11 bits per heavy atom. The Kier molecular flexibility index (Phi) is 5.12. The summed E-state index contributed by atoms with van der Waals surface area (Å²) in [6.07, 6.45) is 1.18. The molecule has 0 fully saturated rings. The Labute approximate surface area is 116 Å². The molecule has 2 N–H and O–H groups in total. The summed E-state index contributed by atoms with van der Waals surface area (Å²) in [5, 5.41) is 3.29. The second-order valence-corrected chi connectivity index (χ2v) is 7.61. The summed E-state index contributed by atoms with van der Waals surface area (Å²) in [4.78, 5) is 0. The molecule has 5 heteroatoms. The van der Waals surface area contributed by atoms with Crippen LogP contribution in [-0.2, 0) is 16.6 Å². The minimum Gasteiger partial charge on any atom is -0.311 e. The van der Waals surface area contributed by atoms with Crippen molar-refractivity contribution in [3.05, 3.63) is 34.9 Å². The highest BCUT2D eigenvalue weighted by molar-refractivity contribution is 7.88. The first-order chi connectivity index (χ1) is 8.57. The van der Waals surface area contributed by atoms with Crippen LogP contribution < -0.4 is 10.0 Å². The van der Waals surface area contributed by atoms with Gasteiger partial charge in [-0.05, 0) is 33.3 Å². The van der Waals surface area contributed by atoms with Gasteiger partial charge in [-0.3, -0.25) is 0 Å². The number of rotatable bonds is 6. The van der Waals surface area contributed by atoms with Gasteiger partial charge in [-0.1, -0.05) is 29.3 Å². The molecule has 0 saturated carbocycles. The predicted octanol–water partition coefficient (Wildman–Crippen LogP) is 1.72. The molecule has 0 aliphatic heterocycles. The maximum absolute atomic E-state index is 11.2. The fourth-order valence-corrected chi connectivity index (χ4v) is 3.30. The van der Waals surface area contributed by atoms with Crippen molar-refractivity contribution in [3.63, 3.8) is 0 Å². The average molecular weight is 284 g/mol. The molecule has 0 amide bonds. The Morgan fingerprint density at radius 2 is 1.63 bits per heavy atom. The molecule has 0 heterocycles. The van der Waals surface area contributed by atoms with Crippen LogP contribution in [0.2, 0.25) is 0 Å². The highest BCUT2D eigenvalue weighted by Crippen LogP contribution is 2.09. The lowest BCUT2D eigenvalue weighted by atomic mass is 10.1. The zero-order valence-corrected chi connectivity index (χ0v) is 13.2. The standard InChI is InChI=1S/C14H24N2O2S/c1-11-6-12(2)8-13(7-11)9-15-10-14(3,4)16-19(5,17)18/h6-8,15-16H,9-10H2,1-5H3. The minimum atomic E-state index is -3.18. The third kappa shape index (κ3) is 6.71. The van der Waals surface area contributed by atoms with Crippen molar-refractivity contribution in [1.82, 2.24) is 10.0 Å². The maximum Gasteiger partial charge on any atom is 0.209 e. The quantitative estimate of drug-likeness (QED) is 0.836. The van der Waals surface area contributed by atoms with Crippen molar-refractivity contribution in [2.24, 2.45) is 0 Å². The van der Waals surface area contributed by atoms with Gasteiger partial charge in [0.15, 0.2) is 0 Å². The molecular formula is C14H24N2O2S. The van der Waals surface area contributed by atoms with Crippen LogP contribution in [0.25, 0.3) is 0 Å². The molecule has 0 aromatic heterocycles. The summed E-state index contributed by atoms with van der Waals surface area (Å²) in [6.45, 7) is 9.19. The molecule has 0 aliphatic rings. The Morgan fingerprint density at radius 3 is 2.11 bits per heavy atom. The van der Waals surface area contributed by atoms with Crippen LogP contribution in [0.4, 0.5) is 0 Å². The van der Waals surface area contributed by atoms with Crippen LogP contribution in [0.1, 0.15) is 30.5 Å². The summed E-state index contributed by atoms with van der Waals surface area (Å²) in [6, 6.07) is 6.41. The van der Waals surface area contributed by atoms with Crippen molar-refractivity contribution in [1.29, 1.82) is 0 Å². The molecule has 1 rings (SSSR count). The van der Waals surface area contributed by atoms with E-state index >= 15 is 0 Å². The van der Waals surface area contributed by atoms with Crippen molar-refractivity contribution in [2.45, 2.75) is 39.8 Å². The van der Waals surface area contributed by atoms with Crippen LogP contribution in [0.5, 0.6) is 0 Å².